The van der Waals surface area contributed by atoms with Crippen LogP contribution in [-0.2, 0) is 0 Å². The first-order valence-corrected chi connectivity index (χ1v) is 5.91. The highest BCUT2D eigenvalue weighted by Crippen LogP contribution is 2.29. The smallest absolute Gasteiger partial charge is 0.307 e. The van der Waals surface area contributed by atoms with Crippen molar-refractivity contribution in [1.82, 2.24) is 4.98 Å². The lowest BCUT2D eigenvalue weighted by atomic mass is 10.2. The summed E-state index contributed by atoms with van der Waals surface area (Å²) in [6.45, 7) is 1.74. The average molecular weight is 295 g/mol. The van der Waals surface area contributed by atoms with Crippen LogP contribution in [-0.4, -0.2) is 9.91 Å². The minimum Gasteiger partial charge on any atom is -0.453 e. The maximum Gasteiger partial charge on any atom is 0.307 e. The van der Waals surface area contributed by atoms with Gasteiger partial charge in [0, 0.05) is 12.1 Å². The van der Waals surface area contributed by atoms with E-state index in [1.165, 1.54) is 12.3 Å². The predicted molar refractivity (Wildman–Crippen MR) is 69.9 cm³/mol. The molecule has 0 saturated heterocycles. The number of nitrogens with zero attached hydrogens (tertiary/aromatic N) is 2. The Morgan fingerprint density at radius 2 is 2.05 bits per heavy atom. The lowest BCUT2D eigenvalue weighted by Crippen LogP contribution is -2.06. The number of nitro benzene ring substituents is 1. The molecule has 0 aliphatic rings. The molecule has 2 N–H and O–H groups in total. The second-order valence-corrected chi connectivity index (χ2v) is 4.30. The van der Waals surface area contributed by atoms with Crippen molar-refractivity contribution in [2.24, 2.45) is 5.73 Å². The van der Waals surface area contributed by atoms with Crippen LogP contribution in [0.25, 0.3) is 0 Å². The van der Waals surface area contributed by atoms with Gasteiger partial charge in [0.15, 0.2) is 11.6 Å². The Kier molecular flexibility index (Phi) is 4.08. The van der Waals surface area contributed by atoms with Crippen LogP contribution in [0, 0.1) is 21.7 Å². The van der Waals surface area contributed by atoms with Gasteiger partial charge in [0.05, 0.1) is 22.9 Å². The average Bonchev–Trinajstić information content (AvgIpc) is 2.42. The molecule has 1 aromatic carbocycles. The summed E-state index contributed by atoms with van der Waals surface area (Å²) >= 11 is 0. The monoisotopic (exact) mass is 295 g/mol. The molecule has 0 saturated carbocycles. The summed E-state index contributed by atoms with van der Waals surface area (Å²) in [7, 11) is 0. The van der Waals surface area contributed by atoms with Gasteiger partial charge in [0.1, 0.15) is 5.75 Å². The van der Waals surface area contributed by atoms with E-state index in [1.54, 1.807) is 13.0 Å². The lowest BCUT2D eigenvalue weighted by Gasteiger charge is -2.08. The zero-order chi connectivity index (χ0) is 15.6. The molecule has 0 radical (unpaired) electrons. The largest absolute Gasteiger partial charge is 0.453 e. The highest BCUT2D eigenvalue weighted by Gasteiger charge is 2.19. The number of ether oxygens (including phenoxy) is 1. The Morgan fingerprint density at radius 3 is 2.57 bits per heavy atom. The zero-order valence-corrected chi connectivity index (χ0v) is 10.9. The van der Waals surface area contributed by atoms with E-state index in [9.17, 15) is 18.9 Å². The minimum absolute atomic E-state index is 0.159. The molecule has 1 unspecified atom stereocenters. The van der Waals surface area contributed by atoms with E-state index >= 15 is 0 Å². The van der Waals surface area contributed by atoms with Gasteiger partial charge in [-0.25, -0.2) is 4.39 Å². The Hall–Kier alpha value is -2.61. The van der Waals surface area contributed by atoms with Crippen molar-refractivity contribution in [2.45, 2.75) is 13.0 Å². The molecule has 21 heavy (non-hydrogen) atoms. The molecule has 0 aliphatic heterocycles. The lowest BCUT2D eigenvalue weighted by molar-refractivity contribution is -0.387. The molecular weight excluding hydrogens is 284 g/mol. The zero-order valence-electron chi connectivity index (χ0n) is 10.9. The van der Waals surface area contributed by atoms with Gasteiger partial charge in [-0.3, -0.25) is 15.1 Å². The molecule has 1 heterocycles. The molecule has 0 bridgehead atoms. The summed E-state index contributed by atoms with van der Waals surface area (Å²) in [6.07, 6.45) is 1.30. The van der Waals surface area contributed by atoms with E-state index in [1.807, 2.05) is 0 Å². The third-order valence-corrected chi connectivity index (χ3v) is 2.65. The number of aromatic nitrogens is 1. The number of halogens is 2. The fourth-order valence-corrected chi connectivity index (χ4v) is 1.58. The molecule has 2 aromatic rings. The van der Waals surface area contributed by atoms with Gasteiger partial charge in [0.25, 0.3) is 0 Å². The van der Waals surface area contributed by atoms with Gasteiger partial charge in [-0.15, -0.1) is 0 Å². The summed E-state index contributed by atoms with van der Waals surface area (Å²) in [5.74, 6) is -2.53. The van der Waals surface area contributed by atoms with E-state index in [0.717, 1.165) is 0 Å². The van der Waals surface area contributed by atoms with Crippen LogP contribution in [0.3, 0.4) is 0 Å². The normalized spacial score (nSPS) is 12.0. The number of pyridine rings is 1. The highest BCUT2D eigenvalue weighted by atomic mass is 19.1. The van der Waals surface area contributed by atoms with Crippen molar-refractivity contribution in [3.05, 3.63) is 57.9 Å². The second kappa shape index (κ2) is 5.80. The summed E-state index contributed by atoms with van der Waals surface area (Å²) in [5.41, 5.74) is 5.28. The van der Waals surface area contributed by atoms with Crippen LogP contribution < -0.4 is 10.5 Å². The molecule has 0 aliphatic carbocycles. The van der Waals surface area contributed by atoms with Gasteiger partial charge < -0.3 is 10.5 Å². The van der Waals surface area contributed by atoms with Crippen molar-refractivity contribution in [3.63, 3.8) is 0 Å². The van der Waals surface area contributed by atoms with Crippen LogP contribution in [0.1, 0.15) is 18.7 Å². The van der Waals surface area contributed by atoms with Crippen LogP contribution in [0.4, 0.5) is 14.5 Å². The fraction of sp³-hybridized carbons (Fsp3) is 0.154. The van der Waals surface area contributed by atoms with Crippen molar-refractivity contribution in [3.8, 4) is 11.5 Å². The van der Waals surface area contributed by atoms with Crippen molar-refractivity contribution in [2.75, 3.05) is 0 Å². The van der Waals surface area contributed by atoms with Gasteiger partial charge >= 0.3 is 5.69 Å². The molecule has 6 nitrogen and oxygen atoms in total. The molecule has 110 valence electrons. The topological polar surface area (TPSA) is 91.3 Å². The first kappa shape index (κ1) is 14.8. The standard InChI is InChI=1S/C13H11F2N3O3/c1-7(16)11-3-2-8(6-17-11)21-13-5-9(14)12(18(19)20)4-10(13)15/h2-7H,16H2,1H3. The third kappa shape index (κ3) is 3.29. The fourth-order valence-electron chi connectivity index (χ4n) is 1.58. The molecule has 8 heteroatoms. The number of rotatable bonds is 4. The van der Waals surface area contributed by atoms with Gasteiger partial charge in [-0.2, -0.15) is 4.39 Å². The number of benzene rings is 1. The van der Waals surface area contributed by atoms with E-state index in [4.69, 9.17) is 10.5 Å². The summed E-state index contributed by atoms with van der Waals surface area (Å²) in [5, 5.41) is 10.5. The summed E-state index contributed by atoms with van der Waals surface area (Å²) in [4.78, 5) is 13.5. The quantitative estimate of drug-likeness (QED) is 0.691. The maximum atomic E-state index is 13.6. The van der Waals surface area contributed by atoms with Crippen LogP contribution >= 0.6 is 0 Å². The number of hydrogen-bond donors (Lipinski definition) is 1. The number of nitrogens with two attached hydrogens (primary N) is 1. The molecule has 1 aromatic heterocycles. The van der Waals surface area contributed by atoms with Crippen LogP contribution in [0.5, 0.6) is 11.5 Å². The van der Waals surface area contributed by atoms with Crippen LogP contribution in [0.15, 0.2) is 30.5 Å². The van der Waals surface area contributed by atoms with Gasteiger partial charge in [-0.05, 0) is 19.1 Å². The molecule has 2 rings (SSSR count). The SMILES string of the molecule is CC(N)c1ccc(Oc2cc(F)c([N+](=O)[O-])cc2F)cn1. The van der Waals surface area contributed by atoms with Crippen molar-refractivity contribution in [1.29, 1.82) is 0 Å². The Morgan fingerprint density at radius 1 is 1.33 bits per heavy atom. The Labute approximate surface area is 118 Å². The summed E-state index contributed by atoms with van der Waals surface area (Å²) in [6, 6.07) is 3.89. The second-order valence-electron chi connectivity index (χ2n) is 4.30. The van der Waals surface area contributed by atoms with E-state index in [0.29, 0.717) is 17.8 Å². The minimum atomic E-state index is -1.18. The number of hydrogen-bond acceptors (Lipinski definition) is 5. The van der Waals surface area contributed by atoms with Crippen molar-refractivity contribution >= 4 is 5.69 Å². The molecule has 0 amide bonds. The first-order valence-electron chi connectivity index (χ1n) is 5.91. The van der Waals surface area contributed by atoms with Crippen molar-refractivity contribution < 1.29 is 18.4 Å². The van der Waals surface area contributed by atoms with Gasteiger partial charge in [-0.1, -0.05) is 0 Å². The molecular formula is C13H11F2N3O3. The molecule has 0 fully saturated rings. The van der Waals surface area contributed by atoms with E-state index < -0.39 is 28.0 Å². The first-order chi connectivity index (χ1) is 9.88. The number of nitro groups is 1. The maximum absolute atomic E-state index is 13.6. The Balaban J connectivity index is 2.27. The highest BCUT2D eigenvalue weighted by molar-refractivity contribution is 5.41. The summed E-state index contributed by atoms with van der Waals surface area (Å²) < 4.78 is 32.2. The predicted octanol–water partition coefficient (Wildman–Crippen LogP) is 3.08. The van der Waals surface area contributed by atoms with E-state index in [2.05, 4.69) is 4.98 Å². The van der Waals surface area contributed by atoms with E-state index in [-0.39, 0.29) is 11.8 Å². The van der Waals surface area contributed by atoms with Crippen LogP contribution in [0.2, 0.25) is 0 Å². The Bertz CT molecular complexity index is 675. The third-order valence-electron chi connectivity index (χ3n) is 2.65. The molecule has 0 spiro atoms. The molecule has 1 atom stereocenters. The van der Waals surface area contributed by atoms with Gasteiger partial charge in [0.2, 0.25) is 5.82 Å².